The van der Waals surface area contributed by atoms with Crippen LogP contribution in [0.3, 0.4) is 0 Å². The Morgan fingerprint density at radius 3 is 2.43 bits per heavy atom. The topological polar surface area (TPSA) is 54.0 Å². The standard InChI is InChI=1S/C15H31N3O3/c1-13(12-21-5)18(10-11-20-4)14(19)15(2,3)17-8-6-16-7-9-17/h13,16H,6-12H2,1-5H3. The number of methoxy groups -OCH3 is 2. The number of hydrogen-bond acceptors (Lipinski definition) is 5. The molecule has 1 heterocycles. The van der Waals surface area contributed by atoms with Crippen LogP contribution in [0.4, 0.5) is 0 Å². The van der Waals surface area contributed by atoms with Crippen molar-refractivity contribution >= 4 is 5.91 Å². The second kappa shape index (κ2) is 8.68. The first kappa shape index (κ1) is 18.4. The smallest absolute Gasteiger partial charge is 0.242 e. The molecular formula is C15H31N3O3. The van der Waals surface area contributed by atoms with Crippen LogP contribution in [0, 0.1) is 0 Å². The molecule has 0 bridgehead atoms. The molecule has 1 fully saturated rings. The molecule has 1 amide bonds. The van der Waals surface area contributed by atoms with Gasteiger partial charge in [-0.05, 0) is 20.8 Å². The van der Waals surface area contributed by atoms with Crippen molar-refractivity contribution in [2.45, 2.75) is 32.4 Å². The summed E-state index contributed by atoms with van der Waals surface area (Å²) >= 11 is 0. The number of hydrogen-bond donors (Lipinski definition) is 1. The molecule has 1 unspecified atom stereocenters. The minimum Gasteiger partial charge on any atom is -0.383 e. The molecule has 1 aliphatic rings. The minimum atomic E-state index is -0.502. The van der Waals surface area contributed by atoms with Crippen LogP contribution in [0.2, 0.25) is 0 Å². The maximum atomic E-state index is 13.0. The summed E-state index contributed by atoms with van der Waals surface area (Å²) in [6.45, 7) is 11.4. The number of nitrogens with zero attached hydrogens (tertiary/aromatic N) is 2. The number of carbonyl (C=O) groups is 1. The van der Waals surface area contributed by atoms with E-state index in [1.165, 1.54) is 0 Å². The molecule has 0 saturated carbocycles. The Morgan fingerprint density at radius 2 is 1.90 bits per heavy atom. The van der Waals surface area contributed by atoms with Crippen molar-refractivity contribution in [2.75, 3.05) is 60.2 Å². The van der Waals surface area contributed by atoms with Crippen LogP contribution >= 0.6 is 0 Å². The van der Waals surface area contributed by atoms with Crippen LogP contribution in [-0.4, -0.2) is 87.4 Å². The quantitative estimate of drug-likeness (QED) is 0.693. The molecule has 0 aromatic rings. The van der Waals surface area contributed by atoms with E-state index in [1.807, 2.05) is 25.7 Å². The van der Waals surface area contributed by atoms with Crippen molar-refractivity contribution in [3.8, 4) is 0 Å². The molecule has 0 aliphatic carbocycles. The molecule has 0 radical (unpaired) electrons. The molecule has 6 heteroatoms. The maximum absolute atomic E-state index is 13.0. The molecule has 21 heavy (non-hydrogen) atoms. The van der Waals surface area contributed by atoms with Gasteiger partial charge in [0.05, 0.1) is 24.8 Å². The van der Waals surface area contributed by atoms with Gasteiger partial charge in [-0.2, -0.15) is 0 Å². The zero-order valence-corrected chi connectivity index (χ0v) is 14.1. The van der Waals surface area contributed by atoms with Gasteiger partial charge in [-0.3, -0.25) is 9.69 Å². The van der Waals surface area contributed by atoms with E-state index < -0.39 is 5.54 Å². The monoisotopic (exact) mass is 301 g/mol. The summed E-state index contributed by atoms with van der Waals surface area (Å²) in [7, 11) is 3.32. The van der Waals surface area contributed by atoms with Gasteiger partial charge in [0.2, 0.25) is 5.91 Å². The third-order valence-electron chi connectivity index (χ3n) is 4.17. The first-order valence-corrected chi connectivity index (χ1v) is 7.69. The molecular weight excluding hydrogens is 270 g/mol. The fraction of sp³-hybridized carbons (Fsp3) is 0.933. The second-order valence-electron chi connectivity index (χ2n) is 6.09. The second-order valence-corrected chi connectivity index (χ2v) is 6.09. The van der Waals surface area contributed by atoms with Crippen LogP contribution in [0.15, 0.2) is 0 Å². The summed E-state index contributed by atoms with van der Waals surface area (Å²) in [4.78, 5) is 17.2. The van der Waals surface area contributed by atoms with E-state index in [-0.39, 0.29) is 11.9 Å². The molecule has 6 nitrogen and oxygen atoms in total. The van der Waals surface area contributed by atoms with Gasteiger partial charge in [0, 0.05) is 46.9 Å². The van der Waals surface area contributed by atoms with Gasteiger partial charge in [-0.25, -0.2) is 0 Å². The van der Waals surface area contributed by atoms with Gasteiger partial charge < -0.3 is 19.7 Å². The van der Waals surface area contributed by atoms with Gasteiger partial charge >= 0.3 is 0 Å². The summed E-state index contributed by atoms with van der Waals surface area (Å²) in [5.41, 5.74) is -0.502. The van der Waals surface area contributed by atoms with Gasteiger partial charge in [-0.15, -0.1) is 0 Å². The van der Waals surface area contributed by atoms with Crippen molar-refractivity contribution in [1.82, 2.24) is 15.1 Å². The van der Waals surface area contributed by atoms with E-state index in [0.29, 0.717) is 19.8 Å². The van der Waals surface area contributed by atoms with E-state index in [4.69, 9.17) is 9.47 Å². The Labute approximate surface area is 128 Å². The minimum absolute atomic E-state index is 0.0415. The van der Waals surface area contributed by atoms with Crippen molar-refractivity contribution in [3.63, 3.8) is 0 Å². The molecule has 124 valence electrons. The van der Waals surface area contributed by atoms with Gasteiger partial charge in [-0.1, -0.05) is 0 Å². The zero-order chi connectivity index (χ0) is 15.9. The summed E-state index contributed by atoms with van der Waals surface area (Å²) in [5.74, 6) is 0.144. The van der Waals surface area contributed by atoms with E-state index >= 15 is 0 Å². The normalized spacial score (nSPS) is 18.5. The van der Waals surface area contributed by atoms with Crippen LogP contribution in [0.25, 0.3) is 0 Å². The fourth-order valence-corrected chi connectivity index (χ4v) is 2.75. The fourth-order valence-electron chi connectivity index (χ4n) is 2.75. The molecule has 0 spiro atoms. The molecule has 1 N–H and O–H groups in total. The van der Waals surface area contributed by atoms with E-state index in [2.05, 4.69) is 10.2 Å². The number of piperazine rings is 1. The molecule has 1 rings (SSSR count). The summed E-state index contributed by atoms with van der Waals surface area (Å²) in [5, 5.41) is 3.33. The number of rotatable bonds is 8. The van der Waals surface area contributed by atoms with Crippen LogP contribution < -0.4 is 5.32 Å². The lowest BCUT2D eigenvalue weighted by atomic mass is 9.98. The van der Waals surface area contributed by atoms with Crippen molar-refractivity contribution in [1.29, 1.82) is 0 Å². The number of nitrogens with one attached hydrogen (secondary N) is 1. The highest BCUT2D eigenvalue weighted by molar-refractivity contribution is 5.85. The first-order valence-electron chi connectivity index (χ1n) is 7.69. The number of amides is 1. The molecule has 1 saturated heterocycles. The highest BCUT2D eigenvalue weighted by Crippen LogP contribution is 2.20. The third-order valence-corrected chi connectivity index (χ3v) is 4.17. The lowest BCUT2D eigenvalue weighted by molar-refractivity contribution is -0.147. The average molecular weight is 301 g/mol. The summed E-state index contributed by atoms with van der Waals surface area (Å²) in [6, 6.07) is 0.0415. The summed E-state index contributed by atoms with van der Waals surface area (Å²) in [6.07, 6.45) is 0. The SMILES string of the molecule is COCCN(C(=O)C(C)(C)N1CCNCC1)C(C)COC. The van der Waals surface area contributed by atoms with Gasteiger partial charge in [0.25, 0.3) is 0 Å². The Bertz CT molecular complexity index is 317. The average Bonchev–Trinajstić information content (AvgIpc) is 2.48. The van der Waals surface area contributed by atoms with Crippen molar-refractivity contribution in [2.24, 2.45) is 0 Å². The molecule has 0 aromatic heterocycles. The third kappa shape index (κ3) is 4.92. The molecule has 1 aliphatic heterocycles. The lowest BCUT2D eigenvalue weighted by Gasteiger charge is -2.43. The Kier molecular flexibility index (Phi) is 7.59. The largest absolute Gasteiger partial charge is 0.383 e. The molecule has 0 aromatic carbocycles. The number of ether oxygens (including phenoxy) is 2. The van der Waals surface area contributed by atoms with Gasteiger partial charge in [0.15, 0.2) is 0 Å². The Balaban J connectivity index is 2.80. The van der Waals surface area contributed by atoms with Crippen LogP contribution in [0.5, 0.6) is 0 Å². The summed E-state index contributed by atoms with van der Waals surface area (Å²) < 4.78 is 10.4. The predicted molar refractivity (Wildman–Crippen MR) is 83.4 cm³/mol. The lowest BCUT2D eigenvalue weighted by Crippen LogP contribution is -2.62. The predicted octanol–water partition coefficient (Wildman–Crippen LogP) is 0.180. The Morgan fingerprint density at radius 1 is 1.29 bits per heavy atom. The number of carbonyl (C=O) groups excluding carboxylic acids is 1. The highest BCUT2D eigenvalue weighted by Gasteiger charge is 2.39. The maximum Gasteiger partial charge on any atom is 0.242 e. The zero-order valence-electron chi connectivity index (χ0n) is 14.1. The van der Waals surface area contributed by atoms with Crippen LogP contribution in [-0.2, 0) is 14.3 Å². The van der Waals surface area contributed by atoms with Crippen molar-refractivity contribution in [3.05, 3.63) is 0 Å². The van der Waals surface area contributed by atoms with Crippen molar-refractivity contribution < 1.29 is 14.3 Å². The Hall–Kier alpha value is -0.690. The van der Waals surface area contributed by atoms with Gasteiger partial charge in [0.1, 0.15) is 0 Å². The first-order chi connectivity index (χ1) is 9.95. The van der Waals surface area contributed by atoms with E-state index in [0.717, 1.165) is 26.2 Å². The highest BCUT2D eigenvalue weighted by atomic mass is 16.5. The van der Waals surface area contributed by atoms with E-state index in [1.54, 1.807) is 14.2 Å². The van der Waals surface area contributed by atoms with E-state index in [9.17, 15) is 4.79 Å². The van der Waals surface area contributed by atoms with Crippen LogP contribution in [0.1, 0.15) is 20.8 Å². The molecule has 1 atom stereocenters.